The third-order valence-corrected chi connectivity index (χ3v) is 2.98. The van der Waals surface area contributed by atoms with Crippen LogP contribution in [0.25, 0.3) is 0 Å². The third-order valence-electron chi connectivity index (χ3n) is 2.98. The molecule has 24 heavy (non-hydrogen) atoms. The fourth-order valence-corrected chi connectivity index (χ4v) is 2.28. The summed E-state index contributed by atoms with van der Waals surface area (Å²) in [5.41, 5.74) is -2.09. The number of ether oxygens (including phenoxy) is 4. The molecule has 1 amide bonds. The number of nitrogens with one attached hydrogen (secondary N) is 1. The largest absolute Gasteiger partial charge is 0.456 e. The van der Waals surface area contributed by atoms with E-state index in [4.69, 9.17) is 18.9 Å². The van der Waals surface area contributed by atoms with Crippen LogP contribution in [-0.4, -0.2) is 54.5 Å². The van der Waals surface area contributed by atoms with Crippen molar-refractivity contribution in [2.75, 3.05) is 6.61 Å². The minimum Gasteiger partial charge on any atom is -0.456 e. The van der Waals surface area contributed by atoms with Crippen LogP contribution < -0.4 is 5.32 Å². The Balaban J connectivity index is 3.31. The second kappa shape index (κ2) is 7.74. The standard InChI is InChI=1S/C14H18N2O8/c1-7(17)16-14(6-15)13(24-10(4)20)12(23-9(3)19)11(5-21-14)22-8(2)18/h11-13H,5H2,1-4H3,(H,16,17)/t11-,12-,13+,14-/m1/s1. The van der Waals surface area contributed by atoms with Gasteiger partial charge >= 0.3 is 17.9 Å². The number of esters is 3. The highest BCUT2D eigenvalue weighted by Crippen LogP contribution is 2.30. The molecule has 0 spiro atoms. The quantitative estimate of drug-likeness (QED) is 0.511. The first kappa shape index (κ1) is 19.4. The number of hydrogen-bond donors (Lipinski definition) is 1. The van der Waals surface area contributed by atoms with E-state index in [1.54, 1.807) is 6.07 Å². The second-order valence-electron chi connectivity index (χ2n) is 5.09. The van der Waals surface area contributed by atoms with Crippen LogP contribution in [0.2, 0.25) is 0 Å². The van der Waals surface area contributed by atoms with Crippen molar-refractivity contribution in [3.8, 4) is 6.07 Å². The van der Waals surface area contributed by atoms with E-state index in [0.717, 1.165) is 27.7 Å². The van der Waals surface area contributed by atoms with Crippen LogP contribution >= 0.6 is 0 Å². The zero-order chi connectivity index (χ0) is 18.5. The predicted octanol–water partition coefficient (Wildman–Crippen LogP) is -0.832. The van der Waals surface area contributed by atoms with Gasteiger partial charge in [-0.3, -0.25) is 19.2 Å². The summed E-state index contributed by atoms with van der Waals surface area (Å²) in [5.74, 6) is -2.90. The van der Waals surface area contributed by atoms with Crippen LogP contribution in [0.5, 0.6) is 0 Å². The van der Waals surface area contributed by atoms with Crippen molar-refractivity contribution >= 4 is 23.8 Å². The summed E-state index contributed by atoms with van der Waals surface area (Å²) in [4.78, 5) is 45.4. The summed E-state index contributed by atoms with van der Waals surface area (Å²) in [5, 5.41) is 11.7. The average Bonchev–Trinajstić information content (AvgIpc) is 2.43. The monoisotopic (exact) mass is 342 g/mol. The maximum Gasteiger partial charge on any atom is 0.303 e. The number of carbonyl (C=O) groups excluding carboxylic acids is 4. The first-order valence-corrected chi connectivity index (χ1v) is 6.97. The topological polar surface area (TPSA) is 141 Å². The highest BCUT2D eigenvalue weighted by molar-refractivity contribution is 5.75. The van der Waals surface area contributed by atoms with Gasteiger partial charge in [-0.1, -0.05) is 0 Å². The molecule has 0 unspecified atom stereocenters. The first-order chi connectivity index (χ1) is 11.1. The van der Waals surface area contributed by atoms with Crippen LogP contribution in [0.1, 0.15) is 27.7 Å². The number of amides is 1. The lowest BCUT2D eigenvalue weighted by Crippen LogP contribution is -2.69. The van der Waals surface area contributed by atoms with Crippen molar-refractivity contribution in [1.82, 2.24) is 5.32 Å². The molecule has 1 aliphatic rings. The Kier molecular flexibility index (Phi) is 6.25. The van der Waals surface area contributed by atoms with Crippen LogP contribution in [0.15, 0.2) is 0 Å². The molecule has 4 atom stereocenters. The Hall–Kier alpha value is -2.67. The zero-order valence-corrected chi connectivity index (χ0v) is 13.7. The third kappa shape index (κ3) is 4.66. The minimum atomic E-state index is -2.09. The van der Waals surface area contributed by atoms with E-state index >= 15 is 0 Å². The molecule has 0 aromatic heterocycles. The maximum atomic E-state index is 11.4. The lowest BCUT2D eigenvalue weighted by atomic mass is 9.94. The number of nitriles is 1. The number of nitrogens with zero attached hydrogens (tertiary/aromatic N) is 1. The minimum absolute atomic E-state index is 0.358. The Bertz CT molecular complexity index is 584. The van der Waals surface area contributed by atoms with Gasteiger partial charge in [0.15, 0.2) is 12.2 Å². The molecule has 0 aliphatic carbocycles. The maximum absolute atomic E-state index is 11.4. The molecule has 1 heterocycles. The van der Waals surface area contributed by atoms with E-state index in [9.17, 15) is 24.4 Å². The highest BCUT2D eigenvalue weighted by Gasteiger charge is 2.57. The van der Waals surface area contributed by atoms with Gasteiger partial charge in [0, 0.05) is 27.7 Å². The van der Waals surface area contributed by atoms with Crippen LogP contribution in [0.3, 0.4) is 0 Å². The molecule has 1 rings (SSSR count). The highest BCUT2D eigenvalue weighted by atomic mass is 16.7. The molecule has 0 radical (unpaired) electrons. The molecule has 1 saturated heterocycles. The van der Waals surface area contributed by atoms with Crippen LogP contribution in [-0.2, 0) is 38.1 Å². The van der Waals surface area contributed by atoms with Gasteiger partial charge in [0.1, 0.15) is 6.07 Å². The summed E-state index contributed by atoms with van der Waals surface area (Å²) in [6.45, 7) is 4.06. The summed E-state index contributed by atoms with van der Waals surface area (Å²) < 4.78 is 20.5. The van der Waals surface area contributed by atoms with Gasteiger partial charge in [0.25, 0.3) is 5.72 Å². The van der Waals surface area contributed by atoms with E-state index in [0.29, 0.717) is 0 Å². The Morgan fingerprint density at radius 1 is 1.04 bits per heavy atom. The van der Waals surface area contributed by atoms with Crippen molar-refractivity contribution in [1.29, 1.82) is 5.26 Å². The summed E-state index contributed by atoms with van der Waals surface area (Å²) in [6.07, 6.45) is -3.99. The Labute approximate surface area is 138 Å². The normalized spacial score (nSPS) is 28.9. The van der Waals surface area contributed by atoms with Gasteiger partial charge in [0.2, 0.25) is 12.0 Å². The van der Waals surface area contributed by atoms with Gasteiger partial charge in [0.05, 0.1) is 6.61 Å². The smallest absolute Gasteiger partial charge is 0.303 e. The molecule has 1 aliphatic heterocycles. The molecule has 132 valence electrons. The van der Waals surface area contributed by atoms with Crippen molar-refractivity contribution in [2.45, 2.75) is 51.7 Å². The van der Waals surface area contributed by atoms with E-state index < -0.39 is 47.9 Å². The molecular weight excluding hydrogens is 324 g/mol. The van der Waals surface area contributed by atoms with E-state index in [1.165, 1.54) is 0 Å². The van der Waals surface area contributed by atoms with Gasteiger partial charge in [-0.05, 0) is 0 Å². The average molecular weight is 342 g/mol. The lowest BCUT2D eigenvalue weighted by Gasteiger charge is -2.44. The van der Waals surface area contributed by atoms with Crippen LogP contribution in [0.4, 0.5) is 0 Å². The summed E-state index contributed by atoms with van der Waals surface area (Å²) >= 11 is 0. The number of hydrogen-bond acceptors (Lipinski definition) is 9. The summed E-state index contributed by atoms with van der Waals surface area (Å²) in [7, 11) is 0. The predicted molar refractivity (Wildman–Crippen MR) is 74.8 cm³/mol. The number of carbonyl (C=O) groups is 4. The lowest BCUT2D eigenvalue weighted by molar-refractivity contribution is -0.247. The van der Waals surface area contributed by atoms with Crippen molar-refractivity contribution in [3.05, 3.63) is 0 Å². The SMILES string of the molecule is CC(=O)N[C@]1(C#N)OC[C@@H](OC(C)=O)[C@@H](OC(C)=O)[C@@H]1OC(C)=O. The molecule has 10 nitrogen and oxygen atoms in total. The molecule has 1 fully saturated rings. The summed E-state index contributed by atoms with van der Waals surface area (Å²) in [6, 6.07) is 1.72. The molecule has 0 saturated carbocycles. The van der Waals surface area contributed by atoms with Crippen molar-refractivity contribution < 1.29 is 38.1 Å². The van der Waals surface area contributed by atoms with Gasteiger partial charge in [-0.25, -0.2) is 0 Å². The Morgan fingerprint density at radius 2 is 1.58 bits per heavy atom. The molecule has 10 heteroatoms. The molecule has 0 bridgehead atoms. The molecular formula is C14H18N2O8. The van der Waals surface area contributed by atoms with Gasteiger partial charge in [-0.2, -0.15) is 5.26 Å². The Morgan fingerprint density at radius 3 is 2.00 bits per heavy atom. The molecule has 1 N–H and O–H groups in total. The molecule has 0 aromatic carbocycles. The second-order valence-corrected chi connectivity index (χ2v) is 5.09. The fraction of sp³-hybridized carbons (Fsp3) is 0.643. The van der Waals surface area contributed by atoms with E-state index in [1.807, 2.05) is 0 Å². The van der Waals surface area contributed by atoms with E-state index in [-0.39, 0.29) is 6.61 Å². The van der Waals surface area contributed by atoms with Crippen LogP contribution in [0, 0.1) is 11.3 Å². The number of rotatable bonds is 4. The zero-order valence-electron chi connectivity index (χ0n) is 13.7. The van der Waals surface area contributed by atoms with E-state index in [2.05, 4.69) is 5.32 Å². The van der Waals surface area contributed by atoms with Gasteiger partial charge in [-0.15, -0.1) is 0 Å². The fourth-order valence-electron chi connectivity index (χ4n) is 2.28. The first-order valence-electron chi connectivity index (χ1n) is 6.97. The molecule has 0 aromatic rings. The van der Waals surface area contributed by atoms with Crippen molar-refractivity contribution in [3.63, 3.8) is 0 Å². The van der Waals surface area contributed by atoms with Crippen molar-refractivity contribution in [2.24, 2.45) is 0 Å². The van der Waals surface area contributed by atoms with Gasteiger partial charge < -0.3 is 24.3 Å².